The number of aromatic nitrogens is 3. The third kappa shape index (κ3) is 5.30. The number of carbonyl (C=O) groups is 1. The molecule has 12 heteroatoms. The third-order valence-electron chi connectivity index (χ3n) is 5.43. The van der Waals surface area contributed by atoms with E-state index in [0.717, 1.165) is 13.0 Å². The summed E-state index contributed by atoms with van der Waals surface area (Å²) in [5.41, 5.74) is 0. The first-order chi connectivity index (χ1) is 13.5. The van der Waals surface area contributed by atoms with E-state index in [-0.39, 0.29) is 42.8 Å². The number of nitrogens with one attached hydrogen (secondary N) is 1. The number of nitrogens with zero attached hydrogens (tertiary/aromatic N) is 5. The number of rotatable bonds is 7. The zero-order valence-corrected chi connectivity index (χ0v) is 18.8. The fraction of sp³-hybridized carbons (Fsp3) is 0.500. The second kappa shape index (κ2) is 10.5. The lowest BCUT2D eigenvalue weighted by atomic mass is 10.2. The lowest BCUT2D eigenvalue weighted by Crippen LogP contribution is -2.57. The molecule has 3 unspecified atom stereocenters. The van der Waals surface area contributed by atoms with Crippen LogP contribution in [0, 0.1) is 0 Å². The van der Waals surface area contributed by atoms with Crippen LogP contribution in [0.3, 0.4) is 0 Å². The Bertz CT molecular complexity index is 913. The number of hydrogen-bond acceptors (Lipinski definition) is 6. The molecule has 1 amide bonds. The topological polar surface area (TPSA) is 100 Å². The van der Waals surface area contributed by atoms with Crippen LogP contribution in [0.15, 0.2) is 47.9 Å². The third-order valence-corrected chi connectivity index (χ3v) is 7.36. The van der Waals surface area contributed by atoms with Gasteiger partial charge in [0.25, 0.3) is 0 Å². The number of fused-ring (bicyclic) bond motifs is 2. The minimum absolute atomic E-state index is 0. The SMILES string of the molecule is Cl.Cl.O=C(CCn1cncn1)NCC1CN(S(=O)(=O)c2ccccc2)C2CCN1C2. The Hall–Kier alpha value is -1.72. The minimum Gasteiger partial charge on any atom is -0.354 e. The smallest absolute Gasteiger partial charge is 0.243 e. The number of halogens is 2. The summed E-state index contributed by atoms with van der Waals surface area (Å²) in [5, 5.41) is 6.92. The predicted octanol–water partition coefficient (Wildman–Crippen LogP) is 0.775. The van der Waals surface area contributed by atoms with E-state index < -0.39 is 10.0 Å². The van der Waals surface area contributed by atoms with Crippen molar-refractivity contribution in [3.05, 3.63) is 43.0 Å². The van der Waals surface area contributed by atoms with Crippen LogP contribution in [0.1, 0.15) is 12.8 Å². The molecule has 1 aromatic carbocycles. The Kier molecular flexibility index (Phi) is 8.62. The maximum Gasteiger partial charge on any atom is 0.243 e. The highest BCUT2D eigenvalue weighted by molar-refractivity contribution is 7.89. The molecule has 1 N–H and O–H groups in total. The molecule has 4 rings (SSSR count). The predicted molar refractivity (Wildman–Crippen MR) is 116 cm³/mol. The Morgan fingerprint density at radius 2 is 1.93 bits per heavy atom. The van der Waals surface area contributed by atoms with E-state index in [0.29, 0.717) is 37.5 Å². The summed E-state index contributed by atoms with van der Waals surface area (Å²) >= 11 is 0. The maximum absolute atomic E-state index is 13.1. The van der Waals surface area contributed by atoms with Gasteiger partial charge in [-0.2, -0.15) is 9.40 Å². The number of piperazine rings is 1. The fourth-order valence-electron chi connectivity index (χ4n) is 3.91. The highest BCUT2D eigenvalue weighted by atomic mass is 35.5. The van der Waals surface area contributed by atoms with Crippen molar-refractivity contribution in [3.8, 4) is 0 Å². The van der Waals surface area contributed by atoms with Crippen LogP contribution in [0.5, 0.6) is 0 Å². The van der Waals surface area contributed by atoms with Gasteiger partial charge in [0.15, 0.2) is 0 Å². The fourth-order valence-corrected chi connectivity index (χ4v) is 5.61. The molecule has 1 aromatic heterocycles. The normalized spacial score (nSPS) is 23.3. The molecule has 2 aromatic rings. The average molecular weight is 477 g/mol. The molecular formula is C18H26Cl2N6O3S. The summed E-state index contributed by atoms with van der Waals surface area (Å²) in [7, 11) is -3.53. The molecule has 2 bridgehead atoms. The molecule has 2 aliphatic rings. The molecule has 3 heterocycles. The zero-order valence-electron chi connectivity index (χ0n) is 16.3. The van der Waals surface area contributed by atoms with Gasteiger partial charge in [0, 0.05) is 44.7 Å². The van der Waals surface area contributed by atoms with Gasteiger partial charge in [-0.05, 0) is 18.6 Å². The van der Waals surface area contributed by atoms with Gasteiger partial charge in [-0.15, -0.1) is 24.8 Å². The number of carbonyl (C=O) groups excluding carboxylic acids is 1. The molecule has 0 spiro atoms. The number of amides is 1. The van der Waals surface area contributed by atoms with E-state index >= 15 is 0 Å². The van der Waals surface area contributed by atoms with Crippen molar-refractivity contribution < 1.29 is 13.2 Å². The first-order valence-corrected chi connectivity index (χ1v) is 10.9. The summed E-state index contributed by atoms with van der Waals surface area (Å²) in [4.78, 5) is 18.6. The Balaban J connectivity index is 0.00000160. The maximum atomic E-state index is 13.1. The van der Waals surface area contributed by atoms with Crippen LogP contribution in [0.2, 0.25) is 0 Å². The molecule has 30 heavy (non-hydrogen) atoms. The van der Waals surface area contributed by atoms with Crippen molar-refractivity contribution in [2.75, 3.05) is 26.2 Å². The van der Waals surface area contributed by atoms with E-state index in [1.165, 1.54) is 6.33 Å². The summed E-state index contributed by atoms with van der Waals surface area (Å²) in [6.45, 7) is 2.86. The first kappa shape index (κ1) is 24.5. The van der Waals surface area contributed by atoms with Gasteiger partial charge in [-0.3, -0.25) is 14.4 Å². The second-order valence-corrected chi connectivity index (χ2v) is 9.08. The highest BCUT2D eigenvalue weighted by Crippen LogP contribution is 2.29. The van der Waals surface area contributed by atoms with Crippen LogP contribution in [-0.4, -0.2) is 76.6 Å². The zero-order chi connectivity index (χ0) is 19.6. The molecule has 0 radical (unpaired) electrons. The van der Waals surface area contributed by atoms with Gasteiger partial charge in [0.2, 0.25) is 15.9 Å². The molecule has 9 nitrogen and oxygen atoms in total. The second-order valence-electron chi connectivity index (χ2n) is 7.19. The molecular weight excluding hydrogens is 451 g/mol. The monoisotopic (exact) mass is 476 g/mol. The van der Waals surface area contributed by atoms with Crippen LogP contribution in [0.25, 0.3) is 0 Å². The standard InChI is InChI=1S/C18H24N6O3S.2ClH/c25-18(7-9-23-14-19-13-21-23)20-10-16-12-24(15-6-8-22(16)11-15)28(26,27)17-4-2-1-3-5-17;;/h1-5,13-16H,6-12H2,(H,20,25);2*1H. The van der Waals surface area contributed by atoms with E-state index in [2.05, 4.69) is 20.3 Å². The Morgan fingerprint density at radius 1 is 1.17 bits per heavy atom. The lowest BCUT2D eigenvalue weighted by Gasteiger charge is -2.39. The van der Waals surface area contributed by atoms with E-state index in [4.69, 9.17) is 0 Å². The van der Waals surface area contributed by atoms with Crippen molar-refractivity contribution in [3.63, 3.8) is 0 Å². The molecule has 0 saturated carbocycles. The number of aryl methyl sites for hydroxylation is 1. The van der Waals surface area contributed by atoms with Crippen molar-refractivity contribution in [1.29, 1.82) is 0 Å². The molecule has 2 fully saturated rings. The molecule has 2 aliphatic heterocycles. The van der Waals surface area contributed by atoms with Crippen molar-refractivity contribution in [2.45, 2.75) is 36.4 Å². The molecule has 0 aliphatic carbocycles. The van der Waals surface area contributed by atoms with Crippen molar-refractivity contribution in [1.82, 2.24) is 29.3 Å². The summed E-state index contributed by atoms with van der Waals surface area (Å²) in [6, 6.07) is 8.55. The quantitative estimate of drug-likeness (QED) is 0.633. The average Bonchev–Trinajstić information content (AvgIpc) is 3.37. The molecule has 2 saturated heterocycles. The van der Waals surface area contributed by atoms with Crippen LogP contribution in [-0.2, 0) is 21.4 Å². The molecule has 166 valence electrons. The van der Waals surface area contributed by atoms with Crippen molar-refractivity contribution >= 4 is 40.7 Å². The van der Waals surface area contributed by atoms with Crippen molar-refractivity contribution in [2.24, 2.45) is 0 Å². The summed E-state index contributed by atoms with van der Waals surface area (Å²) in [6.07, 6.45) is 4.14. The van der Waals surface area contributed by atoms with Gasteiger partial charge in [0.1, 0.15) is 12.7 Å². The van der Waals surface area contributed by atoms with Gasteiger partial charge >= 0.3 is 0 Å². The minimum atomic E-state index is -3.53. The van der Waals surface area contributed by atoms with Crippen LogP contribution < -0.4 is 5.32 Å². The van der Waals surface area contributed by atoms with Gasteiger partial charge in [0.05, 0.1) is 11.4 Å². The van der Waals surface area contributed by atoms with E-state index in [9.17, 15) is 13.2 Å². The number of hydrogen-bond donors (Lipinski definition) is 1. The first-order valence-electron chi connectivity index (χ1n) is 9.44. The Labute approximate surface area is 188 Å². The largest absolute Gasteiger partial charge is 0.354 e. The van der Waals surface area contributed by atoms with Gasteiger partial charge < -0.3 is 5.32 Å². The summed E-state index contributed by atoms with van der Waals surface area (Å²) < 4.78 is 29.4. The number of sulfonamides is 1. The van der Waals surface area contributed by atoms with Crippen LogP contribution >= 0.6 is 24.8 Å². The van der Waals surface area contributed by atoms with E-state index in [1.807, 2.05) is 6.07 Å². The summed E-state index contributed by atoms with van der Waals surface area (Å²) in [5.74, 6) is -0.0747. The molecule has 3 atom stereocenters. The highest BCUT2D eigenvalue weighted by Gasteiger charge is 2.44. The number of benzene rings is 1. The Morgan fingerprint density at radius 3 is 2.63 bits per heavy atom. The van der Waals surface area contributed by atoms with E-state index in [1.54, 1.807) is 39.6 Å². The lowest BCUT2D eigenvalue weighted by molar-refractivity contribution is -0.121. The van der Waals surface area contributed by atoms with Gasteiger partial charge in [-0.25, -0.2) is 13.4 Å². The van der Waals surface area contributed by atoms with Crippen LogP contribution in [0.4, 0.5) is 0 Å². The van der Waals surface area contributed by atoms with Gasteiger partial charge in [-0.1, -0.05) is 18.2 Å².